The second kappa shape index (κ2) is 8.67. The fourth-order valence-electron chi connectivity index (χ4n) is 0.514. The first kappa shape index (κ1) is 12.4. The molecule has 0 saturated carbocycles. The molecule has 0 atom stereocenters. The quantitative estimate of drug-likeness (QED) is 0.415. The smallest absolute Gasteiger partial charge is 0.197 e. The number of carbonyl (C=O) groups is 1. The zero-order valence-electron chi connectivity index (χ0n) is 5.49. The van der Waals surface area contributed by atoms with Gasteiger partial charge in [-0.15, -0.1) is 0 Å². The molecule has 0 N–H and O–H groups in total. The van der Waals surface area contributed by atoms with Gasteiger partial charge in [0.15, 0.2) is 4.69 Å². The Kier molecular flexibility index (Phi) is 11.9. The van der Waals surface area contributed by atoms with Crippen LogP contribution >= 0.6 is 15.9 Å². The maximum absolute atomic E-state index is 10.2. The number of unbranched alkanes of at least 4 members (excludes halogenated alkanes) is 2. The van der Waals surface area contributed by atoms with Gasteiger partial charge in [0.1, 0.15) is 0 Å². The van der Waals surface area contributed by atoms with E-state index >= 15 is 0 Å². The molecule has 1 radical (unpaired) electrons. The molecule has 0 heterocycles. The Hall–Kier alpha value is 0.669. The average Bonchev–Trinajstić information content (AvgIpc) is 1.66. The summed E-state index contributed by atoms with van der Waals surface area (Å²) in [5.41, 5.74) is 0. The molecule has 0 aromatic carbocycles. The SMILES string of the molecule is CCCCCC(=O)Br.[Mn]. The van der Waals surface area contributed by atoms with Crippen LogP contribution in [0.5, 0.6) is 0 Å². The second-order valence-corrected chi connectivity index (χ2v) is 2.70. The van der Waals surface area contributed by atoms with Gasteiger partial charge < -0.3 is 0 Å². The summed E-state index contributed by atoms with van der Waals surface area (Å²) in [5, 5.41) is 0. The monoisotopic (exact) mass is 233 g/mol. The van der Waals surface area contributed by atoms with Crippen LogP contribution in [0, 0.1) is 0 Å². The molecule has 0 aliphatic heterocycles. The molecule has 0 aromatic rings. The van der Waals surface area contributed by atoms with Gasteiger partial charge in [0, 0.05) is 23.5 Å². The topological polar surface area (TPSA) is 17.1 Å². The van der Waals surface area contributed by atoms with E-state index in [1.807, 2.05) is 0 Å². The minimum absolute atomic E-state index is 0. The number of rotatable bonds is 4. The number of carbonyl (C=O) groups excluding carboxylic acids is 1. The molecule has 1 nitrogen and oxygen atoms in total. The van der Waals surface area contributed by atoms with E-state index in [9.17, 15) is 4.79 Å². The van der Waals surface area contributed by atoms with Crippen molar-refractivity contribution in [3.8, 4) is 0 Å². The Morgan fingerprint density at radius 1 is 1.44 bits per heavy atom. The average molecular weight is 234 g/mol. The van der Waals surface area contributed by atoms with E-state index in [2.05, 4.69) is 22.9 Å². The normalized spacial score (nSPS) is 8.22. The molecule has 0 saturated heterocycles. The van der Waals surface area contributed by atoms with Gasteiger partial charge >= 0.3 is 0 Å². The molecule has 0 aliphatic rings. The van der Waals surface area contributed by atoms with Gasteiger partial charge in [-0.25, -0.2) is 0 Å². The molecule has 0 bridgehead atoms. The Balaban J connectivity index is 0. The summed E-state index contributed by atoms with van der Waals surface area (Å²) in [6.07, 6.45) is 4.06. The molecule has 9 heavy (non-hydrogen) atoms. The third-order valence-electron chi connectivity index (χ3n) is 0.977. The van der Waals surface area contributed by atoms with Gasteiger partial charge in [-0.1, -0.05) is 19.8 Å². The van der Waals surface area contributed by atoms with Gasteiger partial charge in [0.25, 0.3) is 0 Å². The van der Waals surface area contributed by atoms with E-state index in [-0.39, 0.29) is 21.8 Å². The summed E-state index contributed by atoms with van der Waals surface area (Å²) in [6.45, 7) is 2.12. The van der Waals surface area contributed by atoms with Crippen molar-refractivity contribution in [1.29, 1.82) is 0 Å². The Morgan fingerprint density at radius 2 is 2.00 bits per heavy atom. The number of hydrogen-bond acceptors (Lipinski definition) is 1. The van der Waals surface area contributed by atoms with Crippen LogP contribution in [-0.4, -0.2) is 4.69 Å². The van der Waals surface area contributed by atoms with Crippen molar-refractivity contribution in [2.75, 3.05) is 0 Å². The van der Waals surface area contributed by atoms with Crippen molar-refractivity contribution >= 4 is 20.6 Å². The third-order valence-corrected chi connectivity index (χ3v) is 1.37. The zero-order chi connectivity index (χ0) is 6.41. The Bertz CT molecular complexity index is 75.5. The molecule has 0 rings (SSSR count). The van der Waals surface area contributed by atoms with E-state index in [0.717, 1.165) is 12.8 Å². The van der Waals surface area contributed by atoms with Crippen LogP contribution in [-0.2, 0) is 21.9 Å². The fraction of sp³-hybridized carbons (Fsp3) is 0.833. The van der Waals surface area contributed by atoms with Gasteiger partial charge in [0.05, 0.1) is 0 Å². The second-order valence-electron chi connectivity index (χ2n) is 1.81. The van der Waals surface area contributed by atoms with Gasteiger partial charge in [-0.3, -0.25) is 4.79 Å². The van der Waals surface area contributed by atoms with Crippen molar-refractivity contribution in [2.45, 2.75) is 32.6 Å². The molecular weight excluding hydrogens is 223 g/mol. The maximum Gasteiger partial charge on any atom is 0.197 e. The van der Waals surface area contributed by atoms with Crippen LogP contribution < -0.4 is 0 Å². The van der Waals surface area contributed by atoms with Gasteiger partial charge in [-0.2, -0.15) is 0 Å². The van der Waals surface area contributed by atoms with Crippen molar-refractivity contribution in [1.82, 2.24) is 0 Å². The van der Waals surface area contributed by atoms with E-state index in [4.69, 9.17) is 0 Å². The standard InChI is InChI=1S/C6H11BrO.Mn/c1-2-3-4-5-6(7)8;/h2-5H2,1H3;. The first-order valence-electron chi connectivity index (χ1n) is 2.95. The van der Waals surface area contributed by atoms with E-state index in [1.54, 1.807) is 0 Å². The van der Waals surface area contributed by atoms with Crippen LogP contribution in [0.4, 0.5) is 0 Å². The minimum Gasteiger partial charge on any atom is -0.287 e. The van der Waals surface area contributed by atoms with Crippen LogP contribution in [0.1, 0.15) is 32.6 Å². The summed E-state index contributed by atoms with van der Waals surface area (Å²) < 4.78 is 0.131. The maximum atomic E-state index is 10.2. The van der Waals surface area contributed by atoms with Gasteiger partial charge in [-0.05, 0) is 22.4 Å². The molecule has 55 valence electrons. The predicted octanol–water partition coefficient (Wildman–Crippen LogP) is 2.49. The largest absolute Gasteiger partial charge is 0.287 e. The number of halogens is 1. The molecule has 3 heteroatoms. The van der Waals surface area contributed by atoms with Crippen LogP contribution in [0.3, 0.4) is 0 Å². The van der Waals surface area contributed by atoms with Crippen molar-refractivity contribution in [2.24, 2.45) is 0 Å². The summed E-state index contributed by atoms with van der Waals surface area (Å²) in [4.78, 5) is 10.2. The van der Waals surface area contributed by atoms with Crippen LogP contribution in [0.25, 0.3) is 0 Å². The third kappa shape index (κ3) is 12.0. The van der Waals surface area contributed by atoms with Gasteiger partial charge in [0.2, 0.25) is 0 Å². The summed E-state index contributed by atoms with van der Waals surface area (Å²) in [6, 6.07) is 0. The Labute approximate surface area is 75.2 Å². The molecule has 0 fully saturated rings. The predicted molar refractivity (Wildman–Crippen MR) is 38.1 cm³/mol. The van der Waals surface area contributed by atoms with E-state index < -0.39 is 0 Å². The Morgan fingerprint density at radius 3 is 2.33 bits per heavy atom. The molecule has 0 aliphatic carbocycles. The molecule has 0 amide bonds. The van der Waals surface area contributed by atoms with E-state index in [1.165, 1.54) is 6.42 Å². The van der Waals surface area contributed by atoms with Crippen molar-refractivity contribution in [3.63, 3.8) is 0 Å². The minimum atomic E-state index is 0. The zero-order valence-corrected chi connectivity index (χ0v) is 8.26. The molecule has 0 aromatic heterocycles. The summed E-state index contributed by atoms with van der Waals surface area (Å²) in [5.74, 6) is 0. The number of hydrogen-bond donors (Lipinski definition) is 0. The van der Waals surface area contributed by atoms with Crippen LogP contribution in [0.2, 0.25) is 0 Å². The fourth-order valence-corrected chi connectivity index (χ4v) is 0.794. The molecule has 0 unspecified atom stereocenters. The first-order valence-corrected chi connectivity index (χ1v) is 3.75. The summed E-state index contributed by atoms with van der Waals surface area (Å²) >= 11 is 2.87. The summed E-state index contributed by atoms with van der Waals surface area (Å²) in [7, 11) is 0. The van der Waals surface area contributed by atoms with Crippen LogP contribution in [0.15, 0.2) is 0 Å². The molecular formula is C6H11BrMnO. The first-order chi connectivity index (χ1) is 3.77. The molecule has 0 spiro atoms. The van der Waals surface area contributed by atoms with E-state index in [0.29, 0.717) is 6.42 Å². The van der Waals surface area contributed by atoms with Crippen molar-refractivity contribution < 1.29 is 21.9 Å². The van der Waals surface area contributed by atoms with Crippen molar-refractivity contribution in [3.05, 3.63) is 0 Å².